The van der Waals surface area contributed by atoms with E-state index in [2.05, 4.69) is 20.1 Å². The van der Waals surface area contributed by atoms with E-state index in [-0.39, 0.29) is 23.4 Å². The quantitative estimate of drug-likeness (QED) is 0.611. The molecule has 1 unspecified atom stereocenters. The molecule has 130 valence electrons. The second-order valence-corrected chi connectivity index (χ2v) is 5.72. The molecule has 0 saturated carbocycles. The number of pyridine rings is 1. The predicted molar refractivity (Wildman–Crippen MR) is 92.7 cm³/mol. The Labute approximate surface area is 147 Å². The molecule has 26 heavy (non-hydrogen) atoms. The Kier molecular flexibility index (Phi) is 3.92. The van der Waals surface area contributed by atoms with Crippen LogP contribution >= 0.6 is 0 Å². The van der Waals surface area contributed by atoms with Crippen LogP contribution in [0, 0.1) is 5.82 Å². The van der Waals surface area contributed by atoms with E-state index in [0.29, 0.717) is 22.2 Å². The van der Waals surface area contributed by atoms with Gasteiger partial charge in [-0.1, -0.05) is 18.2 Å². The molecule has 0 fully saturated rings. The molecule has 1 N–H and O–H groups in total. The van der Waals surface area contributed by atoms with Crippen LogP contribution in [0.4, 0.5) is 4.39 Å². The zero-order chi connectivity index (χ0) is 18.1. The van der Waals surface area contributed by atoms with Crippen molar-refractivity contribution in [1.82, 2.24) is 24.7 Å². The zero-order valence-electron chi connectivity index (χ0n) is 13.8. The van der Waals surface area contributed by atoms with Gasteiger partial charge in [-0.25, -0.2) is 4.39 Å². The standard InChI is InChI=1S/C18H14FN5O2/c1-11(13-4-2-3-5-15(13)19)24-10-12(8-21-24)26-18-22-16-9-20-7-6-14(16)17(25)23-18/h2-11H,1H3,(H,22,23,25). The molecule has 4 aromatic rings. The van der Waals surface area contributed by atoms with Crippen LogP contribution < -0.4 is 10.3 Å². The van der Waals surface area contributed by atoms with Gasteiger partial charge in [0.15, 0.2) is 5.75 Å². The van der Waals surface area contributed by atoms with Gasteiger partial charge in [-0.15, -0.1) is 0 Å². The van der Waals surface area contributed by atoms with E-state index in [0.717, 1.165) is 0 Å². The summed E-state index contributed by atoms with van der Waals surface area (Å²) >= 11 is 0. The molecule has 4 rings (SSSR count). The highest BCUT2D eigenvalue weighted by Crippen LogP contribution is 2.24. The number of aromatic nitrogens is 5. The van der Waals surface area contributed by atoms with Crippen molar-refractivity contribution in [2.24, 2.45) is 0 Å². The Morgan fingerprint density at radius 3 is 2.92 bits per heavy atom. The fourth-order valence-electron chi connectivity index (χ4n) is 2.67. The predicted octanol–water partition coefficient (Wildman–Crippen LogP) is 3.06. The van der Waals surface area contributed by atoms with Crippen LogP contribution in [-0.2, 0) is 0 Å². The molecular formula is C18H14FN5O2. The molecule has 1 atom stereocenters. The van der Waals surface area contributed by atoms with Crippen molar-refractivity contribution in [3.05, 3.63) is 76.9 Å². The van der Waals surface area contributed by atoms with Crippen molar-refractivity contribution in [2.45, 2.75) is 13.0 Å². The van der Waals surface area contributed by atoms with E-state index < -0.39 is 0 Å². The van der Waals surface area contributed by atoms with Gasteiger partial charge in [-0.2, -0.15) is 10.1 Å². The molecule has 0 aliphatic carbocycles. The van der Waals surface area contributed by atoms with Gasteiger partial charge in [-0.3, -0.25) is 19.4 Å². The van der Waals surface area contributed by atoms with Crippen molar-refractivity contribution in [3.8, 4) is 11.8 Å². The van der Waals surface area contributed by atoms with E-state index in [1.54, 1.807) is 35.1 Å². The van der Waals surface area contributed by atoms with E-state index in [1.165, 1.54) is 24.7 Å². The summed E-state index contributed by atoms with van der Waals surface area (Å²) < 4.78 is 21.1. The molecule has 7 nitrogen and oxygen atoms in total. The van der Waals surface area contributed by atoms with Crippen LogP contribution in [0.25, 0.3) is 10.9 Å². The highest BCUT2D eigenvalue weighted by molar-refractivity contribution is 5.76. The molecule has 0 amide bonds. The number of aromatic amines is 1. The Morgan fingerprint density at radius 1 is 1.23 bits per heavy atom. The van der Waals surface area contributed by atoms with Crippen LogP contribution in [0.3, 0.4) is 0 Å². The fourth-order valence-corrected chi connectivity index (χ4v) is 2.67. The summed E-state index contributed by atoms with van der Waals surface area (Å²) in [5.41, 5.74) is 0.628. The third kappa shape index (κ3) is 2.92. The summed E-state index contributed by atoms with van der Waals surface area (Å²) in [6.07, 6.45) is 6.10. The lowest BCUT2D eigenvalue weighted by Gasteiger charge is -2.13. The molecule has 8 heteroatoms. The molecule has 0 spiro atoms. The first-order valence-electron chi connectivity index (χ1n) is 7.92. The minimum absolute atomic E-state index is 0.0357. The van der Waals surface area contributed by atoms with Crippen LogP contribution in [0.15, 0.2) is 59.9 Å². The lowest BCUT2D eigenvalue weighted by molar-refractivity contribution is 0.440. The Balaban J connectivity index is 1.61. The number of rotatable bonds is 4. The van der Waals surface area contributed by atoms with Crippen LogP contribution in [0.1, 0.15) is 18.5 Å². The lowest BCUT2D eigenvalue weighted by Crippen LogP contribution is -2.09. The normalized spacial score (nSPS) is 12.2. The van der Waals surface area contributed by atoms with Crippen molar-refractivity contribution in [1.29, 1.82) is 0 Å². The number of hydrogen-bond acceptors (Lipinski definition) is 5. The molecule has 0 aliphatic heterocycles. The SMILES string of the molecule is CC(c1ccccc1F)n1cc(Oc2nc3cnccc3c(=O)[nH]2)cn1. The fraction of sp³-hybridized carbons (Fsp3) is 0.111. The average molecular weight is 351 g/mol. The van der Waals surface area contributed by atoms with Crippen molar-refractivity contribution >= 4 is 10.9 Å². The average Bonchev–Trinajstić information content (AvgIpc) is 3.10. The maximum absolute atomic E-state index is 13.9. The molecule has 0 aliphatic rings. The third-order valence-electron chi connectivity index (χ3n) is 4.03. The van der Waals surface area contributed by atoms with E-state index in [1.807, 2.05) is 6.92 Å². The smallest absolute Gasteiger partial charge is 0.302 e. The lowest BCUT2D eigenvalue weighted by atomic mass is 10.1. The van der Waals surface area contributed by atoms with Gasteiger partial charge in [0.25, 0.3) is 5.56 Å². The summed E-state index contributed by atoms with van der Waals surface area (Å²) in [7, 11) is 0. The molecule has 3 aromatic heterocycles. The van der Waals surface area contributed by atoms with Crippen molar-refractivity contribution < 1.29 is 9.13 Å². The van der Waals surface area contributed by atoms with Gasteiger partial charge in [-0.05, 0) is 19.1 Å². The van der Waals surface area contributed by atoms with Crippen LogP contribution in [-0.4, -0.2) is 24.7 Å². The van der Waals surface area contributed by atoms with Gasteiger partial charge < -0.3 is 4.74 Å². The molecule has 0 saturated heterocycles. The number of nitrogens with zero attached hydrogens (tertiary/aromatic N) is 4. The van der Waals surface area contributed by atoms with Gasteiger partial charge in [0.1, 0.15) is 5.82 Å². The highest BCUT2D eigenvalue weighted by Gasteiger charge is 2.14. The summed E-state index contributed by atoms with van der Waals surface area (Å²) in [5.74, 6) is 0.0746. The van der Waals surface area contributed by atoms with Gasteiger partial charge in [0.05, 0.1) is 35.5 Å². The Morgan fingerprint density at radius 2 is 2.08 bits per heavy atom. The number of halogens is 1. The first-order valence-corrected chi connectivity index (χ1v) is 7.92. The number of benzene rings is 1. The molecule has 1 aromatic carbocycles. The molecular weight excluding hydrogens is 337 g/mol. The summed E-state index contributed by atoms with van der Waals surface area (Å²) in [6, 6.07) is 7.82. The number of nitrogens with one attached hydrogen (secondary N) is 1. The van der Waals surface area contributed by atoms with Gasteiger partial charge in [0.2, 0.25) is 0 Å². The number of hydrogen-bond donors (Lipinski definition) is 1. The first-order chi connectivity index (χ1) is 12.6. The Bertz CT molecular complexity index is 1140. The van der Waals surface area contributed by atoms with Crippen LogP contribution in [0.5, 0.6) is 11.8 Å². The highest BCUT2D eigenvalue weighted by atomic mass is 19.1. The Hall–Kier alpha value is -3.55. The van der Waals surface area contributed by atoms with Gasteiger partial charge in [0, 0.05) is 11.8 Å². The van der Waals surface area contributed by atoms with Crippen molar-refractivity contribution in [3.63, 3.8) is 0 Å². The minimum atomic E-state index is -0.320. The molecule has 0 bridgehead atoms. The number of ether oxygens (including phenoxy) is 1. The number of H-pyrrole nitrogens is 1. The molecule has 0 radical (unpaired) electrons. The zero-order valence-corrected chi connectivity index (χ0v) is 13.8. The third-order valence-corrected chi connectivity index (χ3v) is 4.03. The monoisotopic (exact) mass is 351 g/mol. The van der Waals surface area contributed by atoms with E-state index in [9.17, 15) is 9.18 Å². The minimum Gasteiger partial charge on any atom is -0.422 e. The second-order valence-electron chi connectivity index (χ2n) is 5.72. The largest absolute Gasteiger partial charge is 0.422 e. The van der Waals surface area contributed by atoms with Gasteiger partial charge >= 0.3 is 6.01 Å². The van der Waals surface area contributed by atoms with E-state index >= 15 is 0 Å². The number of fused-ring (bicyclic) bond motifs is 1. The first kappa shape index (κ1) is 15.9. The summed E-state index contributed by atoms with van der Waals surface area (Å²) in [6.45, 7) is 1.83. The topological polar surface area (TPSA) is 85.7 Å². The maximum atomic E-state index is 13.9. The van der Waals surface area contributed by atoms with Crippen LogP contribution in [0.2, 0.25) is 0 Å². The van der Waals surface area contributed by atoms with Crippen molar-refractivity contribution in [2.75, 3.05) is 0 Å². The maximum Gasteiger partial charge on any atom is 0.302 e. The van der Waals surface area contributed by atoms with E-state index in [4.69, 9.17) is 4.74 Å². The summed E-state index contributed by atoms with van der Waals surface area (Å²) in [5, 5.41) is 4.63. The second kappa shape index (κ2) is 6.40. The summed E-state index contributed by atoms with van der Waals surface area (Å²) in [4.78, 5) is 22.8. The molecule has 3 heterocycles.